The van der Waals surface area contributed by atoms with Crippen molar-refractivity contribution in [1.29, 1.82) is 0 Å². The molecule has 1 aliphatic rings. The lowest BCUT2D eigenvalue weighted by Gasteiger charge is -2.27. The van der Waals surface area contributed by atoms with E-state index >= 15 is 0 Å². The Morgan fingerprint density at radius 2 is 2.12 bits per heavy atom. The van der Waals surface area contributed by atoms with Crippen molar-refractivity contribution in [2.75, 3.05) is 33.4 Å². The molecule has 0 saturated carbocycles. The Morgan fingerprint density at radius 3 is 2.76 bits per heavy atom. The van der Waals surface area contributed by atoms with Crippen LogP contribution in [0.2, 0.25) is 0 Å². The van der Waals surface area contributed by atoms with E-state index in [1.807, 2.05) is 6.07 Å². The van der Waals surface area contributed by atoms with Gasteiger partial charge in [-0.1, -0.05) is 0 Å². The summed E-state index contributed by atoms with van der Waals surface area (Å²) in [5.41, 5.74) is 0.645. The molecule has 1 fully saturated rings. The van der Waals surface area contributed by atoms with Crippen LogP contribution in [-0.4, -0.2) is 44.2 Å². The van der Waals surface area contributed by atoms with E-state index in [1.54, 1.807) is 24.1 Å². The zero-order valence-corrected chi connectivity index (χ0v) is 11.2. The van der Waals surface area contributed by atoms with Gasteiger partial charge in [-0.05, 0) is 34.1 Å². The molecular formula is C12H14BrNO3. The second kappa shape index (κ2) is 5.51. The number of halogens is 1. The van der Waals surface area contributed by atoms with E-state index in [9.17, 15) is 4.79 Å². The number of hydrogen-bond donors (Lipinski definition) is 0. The lowest BCUT2D eigenvalue weighted by Crippen LogP contribution is -2.40. The fourth-order valence-corrected chi connectivity index (χ4v) is 2.15. The van der Waals surface area contributed by atoms with Gasteiger partial charge in [0, 0.05) is 18.7 Å². The summed E-state index contributed by atoms with van der Waals surface area (Å²) in [4.78, 5) is 14.0. The average Bonchev–Trinajstić information content (AvgIpc) is 2.39. The highest BCUT2D eigenvalue weighted by molar-refractivity contribution is 9.10. The van der Waals surface area contributed by atoms with Crippen LogP contribution in [0.15, 0.2) is 22.7 Å². The molecule has 1 saturated heterocycles. The van der Waals surface area contributed by atoms with E-state index in [4.69, 9.17) is 9.47 Å². The predicted octanol–water partition coefficient (Wildman–Crippen LogP) is 1.93. The van der Waals surface area contributed by atoms with Crippen molar-refractivity contribution in [2.24, 2.45) is 0 Å². The molecular weight excluding hydrogens is 286 g/mol. The van der Waals surface area contributed by atoms with Crippen LogP contribution in [0.25, 0.3) is 0 Å². The van der Waals surface area contributed by atoms with Gasteiger partial charge in [0.05, 0.1) is 24.8 Å². The van der Waals surface area contributed by atoms with Crippen molar-refractivity contribution in [3.05, 3.63) is 28.2 Å². The van der Waals surface area contributed by atoms with E-state index in [2.05, 4.69) is 15.9 Å². The summed E-state index contributed by atoms with van der Waals surface area (Å²) in [6, 6.07) is 5.37. The Balaban J connectivity index is 2.18. The minimum absolute atomic E-state index is 0.0269. The van der Waals surface area contributed by atoms with Gasteiger partial charge in [-0.25, -0.2) is 0 Å². The van der Waals surface area contributed by atoms with Crippen LogP contribution >= 0.6 is 15.9 Å². The molecule has 1 aromatic rings. The molecule has 5 heteroatoms. The van der Waals surface area contributed by atoms with Gasteiger partial charge in [-0.2, -0.15) is 0 Å². The maximum atomic E-state index is 12.2. The first-order valence-corrected chi connectivity index (χ1v) is 6.22. The van der Waals surface area contributed by atoms with Crippen LogP contribution in [0, 0.1) is 0 Å². The van der Waals surface area contributed by atoms with E-state index in [-0.39, 0.29) is 5.91 Å². The minimum atomic E-state index is 0.0269. The SMILES string of the molecule is COc1cc(C(=O)N2CCOCC2)ccc1Br. The quantitative estimate of drug-likeness (QED) is 0.838. The molecule has 92 valence electrons. The Kier molecular flexibility index (Phi) is 4.02. The van der Waals surface area contributed by atoms with Crippen molar-refractivity contribution in [3.8, 4) is 5.75 Å². The third-order valence-corrected chi connectivity index (χ3v) is 3.35. The maximum absolute atomic E-state index is 12.2. The summed E-state index contributed by atoms with van der Waals surface area (Å²) in [5, 5.41) is 0. The molecule has 1 aromatic carbocycles. The number of nitrogens with zero attached hydrogens (tertiary/aromatic N) is 1. The average molecular weight is 300 g/mol. The van der Waals surface area contributed by atoms with Gasteiger partial charge < -0.3 is 14.4 Å². The first kappa shape index (κ1) is 12.4. The van der Waals surface area contributed by atoms with Crippen LogP contribution in [0.4, 0.5) is 0 Å². The molecule has 0 unspecified atom stereocenters. The third-order valence-electron chi connectivity index (χ3n) is 2.70. The third kappa shape index (κ3) is 2.79. The molecule has 0 aromatic heterocycles. The van der Waals surface area contributed by atoms with Crippen LogP contribution in [-0.2, 0) is 4.74 Å². The number of carbonyl (C=O) groups is 1. The number of benzene rings is 1. The molecule has 0 spiro atoms. The van der Waals surface area contributed by atoms with Gasteiger partial charge in [-0.15, -0.1) is 0 Å². The highest BCUT2D eigenvalue weighted by atomic mass is 79.9. The zero-order chi connectivity index (χ0) is 12.3. The second-order valence-electron chi connectivity index (χ2n) is 3.75. The Morgan fingerprint density at radius 1 is 1.41 bits per heavy atom. The van der Waals surface area contributed by atoms with Gasteiger partial charge in [0.15, 0.2) is 0 Å². The van der Waals surface area contributed by atoms with Gasteiger partial charge >= 0.3 is 0 Å². The van der Waals surface area contributed by atoms with Crippen molar-refractivity contribution in [1.82, 2.24) is 4.90 Å². The van der Waals surface area contributed by atoms with Gasteiger partial charge in [-0.3, -0.25) is 4.79 Å². The molecule has 0 bridgehead atoms. The van der Waals surface area contributed by atoms with Crippen molar-refractivity contribution < 1.29 is 14.3 Å². The molecule has 17 heavy (non-hydrogen) atoms. The normalized spacial score (nSPS) is 15.8. The van der Waals surface area contributed by atoms with Gasteiger partial charge in [0.25, 0.3) is 5.91 Å². The van der Waals surface area contributed by atoms with E-state index < -0.39 is 0 Å². The van der Waals surface area contributed by atoms with E-state index in [1.165, 1.54) is 0 Å². The molecule has 0 N–H and O–H groups in total. The van der Waals surface area contributed by atoms with Crippen molar-refractivity contribution in [2.45, 2.75) is 0 Å². The molecule has 1 amide bonds. The molecule has 4 nitrogen and oxygen atoms in total. The first-order valence-electron chi connectivity index (χ1n) is 5.43. The highest BCUT2D eigenvalue weighted by Crippen LogP contribution is 2.26. The summed E-state index contributed by atoms with van der Waals surface area (Å²) in [5.74, 6) is 0.697. The molecule has 0 radical (unpaired) electrons. The monoisotopic (exact) mass is 299 g/mol. The Labute approximate surface area is 109 Å². The smallest absolute Gasteiger partial charge is 0.254 e. The highest BCUT2D eigenvalue weighted by Gasteiger charge is 2.19. The fraction of sp³-hybridized carbons (Fsp3) is 0.417. The molecule has 1 heterocycles. The summed E-state index contributed by atoms with van der Waals surface area (Å²) in [7, 11) is 1.59. The number of amides is 1. The number of methoxy groups -OCH3 is 1. The zero-order valence-electron chi connectivity index (χ0n) is 9.61. The summed E-state index contributed by atoms with van der Waals surface area (Å²) in [6.07, 6.45) is 0. The van der Waals surface area contributed by atoms with Crippen molar-refractivity contribution in [3.63, 3.8) is 0 Å². The Hall–Kier alpha value is -1.07. The van der Waals surface area contributed by atoms with Gasteiger partial charge in [0.1, 0.15) is 5.75 Å². The van der Waals surface area contributed by atoms with Crippen LogP contribution in [0.1, 0.15) is 10.4 Å². The number of ether oxygens (including phenoxy) is 2. The lowest BCUT2D eigenvalue weighted by molar-refractivity contribution is 0.0302. The van der Waals surface area contributed by atoms with Crippen molar-refractivity contribution >= 4 is 21.8 Å². The van der Waals surface area contributed by atoms with Crippen LogP contribution < -0.4 is 4.74 Å². The van der Waals surface area contributed by atoms with Crippen LogP contribution in [0.3, 0.4) is 0 Å². The molecule has 1 aliphatic heterocycles. The summed E-state index contributed by atoms with van der Waals surface area (Å²) in [6.45, 7) is 2.52. The molecule has 0 atom stereocenters. The fourth-order valence-electron chi connectivity index (χ4n) is 1.74. The van der Waals surface area contributed by atoms with E-state index in [0.29, 0.717) is 37.6 Å². The largest absolute Gasteiger partial charge is 0.496 e. The Bertz CT molecular complexity index is 416. The minimum Gasteiger partial charge on any atom is -0.496 e. The lowest BCUT2D eigenvalue weighted by atomic mass is 10.2. The number of morpholine rings is 1. The number of hydrogen-bond acceptors (Lipinski definition) is 3. The number of carbonyl (C=O) groups excluding carboxylic acids is 1. The second-order valence-corrected chi connectivity index (χ2v) is 4.61. The maximum Gasteiger partial charge on any atom is 0.254 e. The standard InChI is InChI=1S/C12H14BrNO3/c1-16-11-8-9(2-3-10(11)13)12(15)14-4-6-17-7-5-14/h2-3,8H,4-7H2,1H3. The summed E-state index contributed by atoms with van der Waals surface area (Å²) >= 11 is 3.37. The van der Waals surface area contributed by atoms with Crippen LogP contribution in [0.5, 0.6) is 5.75 Å². The van der Waals surface area contributed by atoms with E-state index in [0.717, 1.165) is 4.47 Å². The van der Waals surface area contributed by atoms with Gasteiger partial charge in [0.2, 0.25) is 0 Å². The molecule has 2 rings (SSSR count). The topological polar surface area (TPSA) is 38.8 Å². The first-order chi connectivity index (χ1) is 8.22. The summed E-state index contributed by atoms with van der Waals surface area (Å²) < 4.78 is 11.3. The molecule has 0 aliphatic carbocycles. The predicted molar refractivity (Wildman–Crippen MR) is 67.4 cm³/mol. The number of rotatable bonds is 2.